The van der Waals surface area contributed by atoms with E-state index < -0.39 is 15.3 Å². The van der Waals surface area contributed by atoms with Crippen molar-refractivity contribution in [2.24, 2.45) is 5.41 Å². The molecule has 0 aliphatic carbocycles. The molecule has 1 amide bonds. The fraction of sp³-hybridized carbons (Fsp3) is 0.400. The number of benzene rings is 1. The molecule has 1 N–H and O–H groups in total. The molecule has 0 aliphatic rings. The summed E-state index contributed by atoms with van der Waals surface area (Å²) < 4.78 is 24.6. The summed E-state index contributed by atoms with van der Waals surface area (Å²) in [6, 6.07) is 6.61. The lowest BCUT2D eigenvalue weighted by atomic mass is 9.96. The average molecular weight is 295 g/mol. The van der Waals surface area contributed by atoms with Crippen molar-refractivity contribution in [3.63, 3.8) is 0 Å². The van der Waals surface area contributed by atoms with E-state index in [0.717, 1.165) is 5.56 Å². The van der Waals surface area contributed by atoms with Gasteiger partial charge in [-0.05, 0) is 26.0 Å². The number of nitrogens with one attached hydrogen (secondary N) is 1. The van der Waals surface area contributed by atoms with E-state index in [4.69, 9.17) is 0 Å². The Labute approximate surface area is 120 Å². The van der Waals surface area contributed by atoms with Gasteiger partial charge in [-0.1, -0.05) is 38.5 Å². The monoisotopic (exact) mass is 295 g/mol. The van der Waals surface area contributed by atoms with Gasteiger partial charge in [0.2, 0.25) is 15.7 Å². The Morgan fingerprint density at radius 3 is 2.10 bits per heavy atom. The molecular weight excluding hydrogens is 274 g/mol. The average Bonchev–Trinajstić information content (AvgIpc) is 2.34. The largest absolute Gasteiger partial charge is 0.331 e. The summed E-state index contributed by atoms with van der Waals surface area (Å²) in [5, 5.41) is 2.53. The van der Waals surface area contributed by atoms with E-state index in [1.54, 1.807) is 45.0 Å². The van der Waals surface area contributed by atoms with Crippen molar-refractivity contribution in [1.29, 1.82) is 0 Å². The Balaban J connectivity index is 2.98. The third-order valence-electron chi connectivity index (χ3n) is 2.84. The number of aryl methyl sites for hydroxylation is 1. The maximum absolute atomic E-state index is 12.3. The standard InChI is InChI=1S/C15H21NO3S/c1-11-6-8-13(9-7-11)20(18,19)12(2)10-16-14(17)15(3,4)5/h6-10H,1-5H3,(H,16,17)/b12-10+. The van der Waals surface area contributed by atoms with Crippen LogP contribution < -0.4 is 5.32 Å². The van der Waals surface area contributed by atoms with Crippen LogP contribution in [0.1, 0.15) is 33.3 Å². The first kappa shape index (κ1) is 16.4. The first-order valence-corrected chi connectivity index (χ1v) is 7.83. The third kappa shape index (κ3) is 3.93. The fourth-order valence-electron chi connectivity index (χ4n) is 1.36. The first-order chi connectivity index (χ1) is 9.05. The highest BCUT2D eigenvalue weighted by molar-refractivity contribution is 7.95. The molecule has 0 aliphatic heterocycles. The SMILES string of the molecule is C/C(=C\NC(=O)C(C)(C)C)S(=O)(=O)c1ccc(C)cc1. The van der Waals surface area contributed by atoms with Crippen molar-refractivity contribution in [2.75, 3.05) is 0 Å². The minimum Gasteiger partial charge on any atom is -0.331 e. The lowest BCUT2D eigenvalue weighted by molar-refractivity contribution is -0.127. The van der Waals surface area contributed by atoms with Crippen LogP contribution in [0.4, 0.5) is 0 Å². The van der Waals surface area contributed by atoms with Crippen LogP contribution in [0, 0.1) is 12.3 Å². The molecule has 4 nitrogen and oxygen atoms in total. The van der Waals surface area contributed by atoms with Gasteiger partial charge in [-0.25, -0.2) is 8.42 Å². The van der Waals surface area contributed by atoms with Crippen LogP contribution in [0.25, 0.3) is 0 Å². The van der Waals surface area contributed by atoms with Gasteiger partial charge in [0.1, 0.15) is 0 Å². The summed E-state index contributed by atoms with van der Waals surface area (Å²) in [4.78, 5) is 12.1. The van der Waals surface area contributed by atoms with E-state index in [1.807, 2.05) is 6.92 Å². The van der Waals surface area contributed by atoms with E-state index in [0.29, 0.717) is 0 Å². The normalized spacial score (nSPS) is 13.2. The van der Waals surface area contributed by atoms with Gasteiger partial charge in [-0.15, -0.1) is 0 Å². The van der Waals surface area contributed by atoms with Gasteiger partial charge < -0.3 is 5.32 Å². The van der Waals surface area contributed by atoms with E-state index in [9.17, 15) is 13.2 Å². The van der Waals surface area contributed by atoms with Crippen LogP contribution in [-0.2, 0) is 14.6 Å². The molecule has 0 fully saturated rings. The Hall–Kier alpha value is -1.62. The van der Waals surface area contributed by atoms with Crippen LogP contribution in [0.5, 0.6) is 0 Å². The molecule has 0 saturated heterocycles. The molecule has 0 bridgehead atoms. The molecule has 1 aromatic carbocycles. The molecular formula is C15H21NO3S. The predicted octanol–water partition coefficient (Wildman–Crippen LogP) is 2.79. The summed E-state index contributed by atoms with van der Waals surface area (Å²) in [6.45, 7) is 8.65. The third-order valence-corrected chi connectivity index (χ3v) is 4.70. The van der Waals surface area contributed by atoms with Gasteiger partial charge in [-0.3, -0.25) is 4.79 Å². The number of hydrogen-bond acceptors (Lipinski definition) is 3. The number of allylic oxidation sites excluding steroid dienone is 1. The van der Waals surface area contributed by atoms with E-state index in [2.05, 4.69) is 5.32 Å². The second-order valence-corrected chi connectivity index (χ2v) is 7.92. The Morgan fingerprint density at radius 1 is 1.15 bits per heavy atom. The number of hydrogen-bond donors (Lipinski definition) is 1. The molecule has 20 heavy (non-hydrogen) atoms. The van der Waals surface area contributed by atoms with Gasteiger partial charge in [-0.2, -0.15) is 0 Å². The van der Waals surface area contributed by atoms with Crippen molar-refractivity contribution in [3.8, 4) is 0 Å². The number of rotatable bonds is 3. The fourth-order valence-corrected chi connectivity index (χ4v) is 2.44. The number of carbonyl (C=O) groups excluding carboxylic acids is 1. The first-order valence-electron chi connectivity index (χ1n) is 6.34. The van der Waals surface area contributed by atoms with Crippen molar-refractivity contribution in [1.82, 2.24) is 5.32 Å². The highest BCUT2D eigenvalue weighted by Crippen LogP contribution is 2.19. The van der Waals surface area contributed by atoms with Crippen molar-refractivity contribution >= 4 is 15.7 Å². The van der Waals surface area contributed by atoms with Crippen molar-refractivity contribution in [2.45, 2.75) is 39.5 Å². The second kappa shape index (κ2) is 5.79. The van der Waals surface area contributed by atoms with Gasteiger partial charge in [0.25, 0.3) is 0 Å². The smallest absolute Gasteiger partial charge is 0.229 e. The molecule has 0 saturated carbocycles. The summed E-state index contributed by atoms with van der Waals surface area (Å²) in [6.07, 6.45) is 1.25. The zero-order chi connectivity index (χ0) is 15.6. The van der Waals surface area contributed by atoms with Gasteiger partial charge >= 0.3 is 0 Å². The highest BCUT2D eigenvalue weighted by Gasteiger charge is 2.21. The lowest BCUT2D eigenvalue weighted by Gasteiger charge is -2.16. The summed E-state index contributed by atoms with van der Waals surface area (Å²) in [5.41, 5.74) is 0.427. The summed E-state index contributed by atoms with van der Waals surface area (Å²) >= 11 is 0. The van der Waals surface area contributed by atoms with Crippen molar-refractivity contribution < 1.29 is 13.2 Å². The quantitative estimate of drug-likeness (QED) is 0.932. The van der Waals surface area contributed by atoms with E-state index in [1.165, 1.54) is 13.1 Å². The minimum absolute atomic E-state index is 0.110. The molecule has 0 unspecified atom stereocenters. The zero-order valence-electron chi connectivity index (χ0n) is 12.5. The lowest BCUT2D eigenvalue weighted by Crippen LogP contribution is -2.31. The highest BCUT2D eigenvalue weighted by atomic mass is 32.2. The molecule has 5 heteroatoms. The summed E-state index contributed by atoms with van der Waals surface area (Å²) in [7, 11) is -3.55. The van der Waals surface area contributed by atoms with Crippen molar-refractivity contribution in [3.05, 3.63) is 40.9 Å². The topological polar surface area (TPSA) is 63.2 Å². The van der Waals surface area contributed by atoms with E-state index >= 15 is 0 Å². The van der Waals surface area contributed by atoms with Crippen LogP contribution in [0.15, 0.2) is 40.3 Å². The number of amides is 1. The van der Waals surface area contributed by atoms with Crippen LogP contribution >= 0.6 is 0 Å². The Morgan fingerprint density at radius 2 is 1.65 bits per heavy atom. The molecule has 110 valence electrons. The second-order valence-electron chi connectivity index (χ2n) is 5.79. The van der Waals surface area contributed by atoms with Crippen LogP contribution in [-0.4, -0.2) is 14.3 Å². The maximum Gasteiger partial charge on any atom is 0.229 e. The van der Waals surface area contributed by atoms with Gasteiger partial charge in [0.15, 0.2) is 0 Å². The molecule has 0 spiro atoms. The number of carbonyl (C=O) groups is 1. The molecule has 0 radical (unpaired) electrons. The number of sulfone groups is 1. The summed E-state index contributed by atoms with van der Waals surface area (Å²) in [5.74, 6) is -0.226. The van der Waals surface area contributed by atoms with Crippen LogP contribution in [0.3, 0.4) is 0 Å². The van der Waals surface area contributed by atoms with E-state index in [-0.39, 0.29) is 15.7 Å². The Bertz CT molecular complexity index is 620. The molecule has 0 heterocycles. The zero-order valence-corrected chi connectivity index (χ0v) is 13.3. The maximum atomic E-state index is 12.3. The molecule has 1 aromatic rings. The molecule has 0 atom stereocenters. The molecule has 0 aromatic heterocycles. The van der Waals surface area contributed by atoms with Crippen LogP contribution in [0.2, 0.25) is 0 Å². The Kier molecular flexibility index (Phi) is 4.76. The minimum atomic E-state index is -3.55. The molecule has 1 rings (SSSR count). The van der Waals surface area contributed by atoms with Gasteiger partial charge in [0.05, 0.1) is 9.80 Å². The van der Waals surface area contributed by atoms with Gasteiger partial charge in [0, 0.05) is 11.6 Å². The predicted molar refractivity (Wildman–Crippen MR) is 79.7 cm³/mol.